The van der Waals surface area contributed by atoms with E-state index in [0.717, 1.165) is 53.3 Å². The number of nitrogens with zero attached hydrogens (tertiary/aromatic N) is 3. The molecule has 4 rings (SSSR count). The summed E-state index contributed by atoms with van der Waals surface area (Å²) in [5.74, 6) is 1.26. The van der Waals surface area contributed by atoms with Crippen molar-refractivity contribution in [3.63, 3.8) is 0 Å². The third-order valence-electron chi connectivity index (χ3n) is 5.06. The number of pyridine rings is 1. The fourth-order valence-corrected chi connectivity index (χ4v) is 3.77. The Kier molecular flexibility index (Phi) is 4.55. The molecule has 0 bridgehead atoms. The van der Waals surface area contributed by atoms with Gasteiger partial charge in [-0.05, 0) is 62.6 Å². The van der Waals surface area contributed by atoms with Gasteiger partial charge < -0.3 is 10.1 Å². The molecule has 0 saturated carbocycles. The highest BCUT2D eigenvalue weighted by molar-refractivity contribution is 5.78. The van der Waals surface area contributed by atoms with Crippen LogP contribution in [-0.2, 0) is 0 Å². The largest absolute Gasteiger partial charge is 0.496 e. The molecule has 5 nitrogen and oxygen atoms in total. The summed E-state index contributed by atoms with van der Waals surface area (Å²) in [4.78, 5) is 14.2. The number of benzene rings is 1. The number of aromatic nitrogens is 3. The zero-order valence-electron chi connectivity index (χ0n) is 15.5. The van der Waals surface area contributed by atoms with Crippen molar-refractivity contribution in [2.24, 2.45) is 0 Å². The van der Waals surface area contributed by atoms with Gasteiger partial charge in [0.25, 0.3) is 0 Å². The Morgan fingerprint density at radius 1 is 1.15 bits per heavy atom. The molecule has 26 heavy (non-hydrogen) atoms. The van der Waals surface area contributed by atoms with E-state index in [9.17, 15) is 0 Å². The quantitative estimate of drug-likeness (QED) is 0.780. The Morgan fingerprint density at radius 2 is 2.04 bits per heavy atom. The number of ether oxygens (including phenoxy) is 1. The summed E-state index contributed by atoms with van der Waals surface area (Å²) >= 11 is 0. The van der Waals surface area contributed by atoms with Crippen LogP contribution in [0.4, 0.5) is 0 Å². The lowest BCUT2D eigenvalue weighted by atomic mass is 9.96. The second kappa shape index (κ2) is 7.00. The summed E-state index contributed by atoms with van der Waals surface area (Å²) in [5.41, 5.74) is 6.77. The molecule has 0 amide bonds. The molecule has 3 aromatic rings. The van der Waals surface area contributed by atoms with Crippen LogP contribution in [0.1, 0.15) is 35.6 Å². The Hall–Kier alpha value is -2.53. The normalized spacial score (nSPS) is 17.4. The van der Waals surface area contributed by atoms with Gasteiger partial charge in [-0.1, -0.05) is 6.07 Å². The van der Waals surface area contributed by atoms with Crippen LogP contribution < -0.4 is 10.1 Å². The number of methoxy groups -OCH3 is 1. The number of hydrogen-bond donors (Lipinski definition) is 1. The third-order valence-corrected chi connectivity index (χ3v) is 5.06. The van der Waals surface area contributed by atoms with Gasteiger partial charge in [-0.2, -0.15) is 0 Å². The number of aryl methyl sites for hydroxylation is 2. The molecule has 1 fully saturated rings. The van der Waals surface area contributed by atoms with Crippen molar-refractivity contribution in [3.05, 3.63) is 47.3 Å². The van der Waals surface area contributed by atoms with Gasteiger partial charge >= 0.3 is 0 Å². The molecule has 0 spiro atoms. The van der Waals surface area contributed by atoms with E-state index >= 15 is 0 Å². The van der Waals surface area contributed by atoms with Gasteiger partial charge in [-0.3, -0.25) is 4.98 Å². The maximum atomic E-state index is 5.61. The van der Waals surface area contributed by atoms with Crippen molar-refractivity contribution in [1.29, 1.82) is 0 Å². The summed E-state index contributed by atoms with van der Waals surface area (Å²) < 4.78 is 5.61. The first-order valence-corrected chi connectivity index (χ1v) is 9.15. The van der Waals surface area contributed by atoms with E-state index < -0.39 is 0 Å². The highest BCUT2D eigenvalue weighted by Gasteiger charge is 2.18. The average Bonchev–Trinajstić information content (AvgIpc) is 2.67. The summed E-state index contributed by atoms with van der Waals surface area (Å²) in [6, 6.07) is 8.19. The number of nitrogens with one attached hydrogen (secondary N) is 1. The first-order valence-electron chi connectivity index (χ1n) is 9.15. The van der Waals surface area contributed by atoms with E-state index in [1.165, 1.54) is 12.0 Å². The monoisotopic (exact) mass is 348 g/mol. The summed E-state index contributed by atoms with van der Waals surface area (Å²) in [6.07, 6.45) is 4.23. The Labute approximate surface area is 153 Å². The van der Waals surface area contributed by atoms with Crippen LogP contribution >= 0.6 is 0 Å². The molecule has 5 heteroatoms. The van der Waals surface area contributed by atoms with Crippen LogP contribution in [0.25, 0.3) is 22.4 Å². The second-order valence-electron chi connectivity index (χ2n) is 7.04. The van der Waals surface area contributed by atoms with Crippen molar-refractivity contribution in [1.82, 2.24) is 20.3 Å². The minimum atomic E-state index is 0.418. The van der Waals surface area contributed by atoms with Crippen molar-refractivity contribution >= 4 is 11.2 Å². The minimum Gasteiger partial charge on any atom is -0.496 e. The predicted octanol–water partition coefficient (Wildman–Crippen LogP) is 3.78. The molecule has 1 N–H and O–H groups in total. The van der Waals surface area contributed by atoms with E-state index in [1.54, 1.807) is 7.11 Å². The van der Waals surface area contributed by atoms with E-state index in [0.29, 0.717) is 11.6 Å². The van der Waals surface area contributed by atoms with Gasteiger partial charge in [0.15, 0.2) is 5.65 Å². The Morgan fingerprint density at radius 3 is 2.81 bits per heavy atom. The molecule has 2 aromatic heterocycles. The predicted molar refractivity (Wildman–Crippen MR) is 104 cm³/mol. The van der Waals surface area contributed by atoms with Crippen LogP contribution in [0, 0.1) is 13.8 Å². The minimum absolute atomic E-state index is 0.418. The molecule has 0 radical (unpaired) electrons. The van der Waals surface area contributed by atoms with Crippen LogP contribution in [0.15, 0.2) is 30.5 Å². The molecule has 1 saturated heterocycles. The van der Waals surface area contributed by atoms with Crippen molar-refractivity contribution < 1.29 is 4.74 Å². The molecular weight excluding hydrogens is 324 g/mol. The van der Waals surface area contributed by atoms with Gasteiger partial charge in [0.05, 0.1) is 18.5 Å². The highest BCUT2D eigenvalue weighted by atomic mass is 16.5. The SMILES string of the molecule is COc1cc(C)cc(C)c1-c1ccc2ncc(C3CCCNC3)nc2n1. The molecule has 1 aliphatic rings. The number of piperidine rings is 1. The molecular formula is C21H24N4O. The van der Waals surface area contributed by atoms with Crippen LogP contribution in [0.2, 0.25) is 0 Å². The van der Waals surface area contributed by atoms with Gasteiger partial charge in [-0.15, -0.1) is 0 Å². The summed E-state index contributed by atoms with van der Waals surface area (Å²) in [5, 5.41) is 3.44. The second-order valence-corrected chi connectivity index (χ2v) is 7.04. The lowest BCUT2D eigenvalue weighted by Gasteiger charge is -2.22. The van der Waals surface area contributed by atoms with Gasteiger partial charge in [0.2, 0.25) is 0 Å². The van der Waals surface area contributed by atoms with E-state index in [2.05, 4.69) is 30.2 Å². The Balaban J connectivity index is 1.80. The molecule has 1 unspecified atom stereocenters. The van der Waals surface area contributed by atoms with Crippen molar-refractivity contribution in [2.45, 2.75) is 32.6 Å². The molecule has 1 aliphatic heterocycles. The maximum absolute atomic E-state index is 5.61. The number of rotatable bonds is 3. The van der Waals surface area contributed by atoms with Crippen molar-refractivity contribution in [2.75, 3.05) is 20.2 Å². The lowest BCUT2D eigenvalue weighted by Crippen LogP contribution is -2.28. The number of hydrogen-bond acceptors (Lipinski definition) is 5. The summed E-state index contributed by atoms with van der Waals surface area (Å²) in [6.45, 7) is 6.22. The first kappa shape index (κ1) is 16.9. The molecule has 1 atom stereocenters. The lowest BCUT2D eigenvalue weighted by molar-refractivity contribution is 0.415. The van der Waals surface area contributed by atoms with Gasteiger partial charge in [0.1, 0.15) is 11.3 Å². The maximum Gasteiger partial charge on any atom is 0.179 e. The van der Waals surface area contributed by atoms with Crippen molar-refractivity contribution in [3.8, 4) is 17.0 Å². The zero-order valence-corrected chi connectivity index (χ0v) is 15.5. The standard InChI is InChI=1S/C21H24N4O/c1-13-9-14(2)20(19(10-13)26-3)16-6-7-17-21(24-16)25-18(12-23-17)15-5-4-8-22-11-15/h6-7,9-10,12,15,22H,4-5,8,11H2,1-3H3. The van der Waals surface area contributed by atoms with Gasteiger partial charge in [-0.25, -0.2) is 9.97 Å². The van der Waals surface area contributed by atoms with E-state index in [4.69, 9.17) is 14.7 Å². The Bertz CT molecular complexity index is 948. The molecule has 1 aromatic carbocycles. The van der Waals surface area contributed by atoms with Crippen LogP contribution in [-0.4, -0.2) is 35.2 Å². The van der Waals surface area contributed by atoms with Gasteiger partial charge in [0, 0.05) is 24.2 Å². The smallest absolute Gasteiger partial charge is 0.179 e. The van der Waals surface area contributed by atoms with E-state index in [-0.39, 0.29) is 0 Å². The first-order chi connectivity index (χ1) is 12.7. The molecule has 3 heterocycles. The molecule has 134 valence electrons. The topological polar surface area (TPSA) is 59.9 Å². The van der Waals surface area contributed by atoms with E-state index in [1.807, 2.05) is 24.4 Å². The highest BCUT2D eigenvalue weighted by Crippen LogP contribution is 2.34. The third kappa shape index (κ3) is 3.15. The number of fused-ring (bicyclic) bond motifs is 1. The molecule has 0 aliphatic carbocycles. The fraction of sp³-hybridized carbons (Fsp3) is 0.381. The summed E-state index contributed by atoms with van der Waals surface area (Å²) in [7, 11) is 1.70. The zero-order chi connectivity index (χ0) is 18.1. The van der Waals surface area contributed by atoms with Crippen LogP contribution in [0.3, 0.4) is 0 Å². The average molecular weight is 348 g/mol. The fourth-order valence-electron chi connectivity index (χ4n) is 3.77. The van der Waals surface area contributed by atoms with Crippen LogP contribution in [0.5, 0.6) is 5.75 Å².